The average Bonchev–Trinajstić information content (AvgIpc) is 2.38. The van der Waals surface area contributed by atoms with Gasteiger partial charge in [0.25, 0.3) is 0 Å². The molecule has 4 bridgehead atoms. The summed E-state index contributed by atoms with van der Waals surface area (Å²) in [5, 5.41) is 0.675. The first-order chi connectivity index (χ1) is 9.03. The zero-order valence-corrected chi connectivity index (χ0v) is 13.1. The molecule has 0 aromatic rings. The Morgan fingerprint density at radius 3 is 2.16 bits per heavy atom. The molecule has 0 N–H and O–H groups in total. The van der Waals surface area contributed by atoms with Crippen LogP contribution in [0.25, 0.3) is 0 Å². The molecule has 3 aliphatic carbocycles. The van der Waals surface area contributed by atoms with Crippen molar-refractivity contribution in [3.63, 3.8) is 0 Å². The van der Waals surface area contributed by atoms with Crippen molar-refractivity contribution in [2.24, 2.45) is 29.1 Å². The Morgan fingerprint density at radius 1 is 0.947 bits per heavy atom. The third kappa shape index (κ3) is 1.66. The Bertz CT molecular complexity index is 362. The summed E-state index contributed by atoms with van der Waals surface area (Å²) in [5.41, 5.74) is 0.662. The van der Waals surface area contributed by atoms with Gasteiger partial charge in [-0.05, 0) is 41.9 Å². The SMILES string of the molecule is CC1C(C23[B]C(CCC2)CCC3)CC2C[C@@H]1C2(C)C. The van der Waals surface area contributed by atoms with Gasteiger partial charge in [0.2, 0.25) is 0 Å². The van der Waals surface area contributed by atoms with Gasteiger partial charge in [0.05, 0.1) is 0 Å². The number of fused-ring (bicyclic) bond motifs is 5. The maximum Gasteiger partial charge on any atom is 0.122 e. The standard InChI is InChI=1S/C18H30B/c1-12-15-10-13(17(15,2)3)11-16(12)18-8-4-6-14(19-18)7-5-9-18/h12-16H,4-11H2,1-3H3/t12?,13?,14?,15-,16?,18?/m0/s1. The summed E-state index contributed by atoms with van der Waals surface area (Å²) in [6, 6.07) is 0. The first-order valence-corrected chi connectivity index (χ1v) is 8.89. The Labute approximate surface area is 120 Å². The van der Waals surface area contributed by atoms with E-state index in [1.165, 1.54) is 38.5 Å². The predicted molar refractivity (Wildman–Crippen MR) is 82.5 cm³/mol. The molecule has 0 aromatic heterocycles. The zero-order chi connectivity index (χ0) is 13.3. The van der Waals surface area contributed by atoms with Crippen LogP contribution in [0.1, 0.15) is 72.1 Å². The van der Waals surface area contributed by atoms with E-state index >= 15 is 0 Å². The van der Waals surface area contributed by atoms with E-state index in [9.17, 15) is 0 Å². The van der Waals surface area contributed by atoms with Crippen LogP contribution in [-0.2, 0) is 0 Å². The molecule has 3 saturated carbocycles. The van der Waals surface area contributed by atoms with Crippen LogP contribution in [-0.4, -0.2) is 7.28 Å². The van der Waals surface area contributed by atoms with Crippen LogP contribution in [0, 0.1) is 29.1 Å². The topological polar surface area (TPSA) is 0 Å². The van der Waals surface area contributed by atoms with E-state index in [0.717, 1.165) is 29.5 Å². The Hall–Kier alpha value is 0.0649. The molecule has 0 aromatic carbocycles. The molecular formula is C18H30B. The fraction of sp³-hybridized carbons (Fsp3) is 1.00. The van der Waals surface area contributed by atoms with E-state index in [2.05, 4.69) is 28.1 Å². The molecular weight excluding hydrogens is 227 g/mol. The van der Waals surface area contributed by atoms with Gasteiger partial charge in [-0.3, -0.25) is 0 Å². The summed E-state index contributed by atoms with van der Waals surface area (Å²) in [7, 11) is 2.87. The van der Waals surface area contributed by atoms with Crippen LogP contribution in [0.2, 0.25) is 11.1 Å². The van der Waals surface area contributed by atoms with E-state index in [-0.39, 0.29) is 0 Å². The van der Waals surface area contributed by atoms with Crippen molar-refractivity contribution in [2.45, 2.75) is 83.3 Å². The second-order valence-electron chi connectivity index (χ2n) is 9.01. The molecule has 0 nitrogen and oxygen atoms in total. The summed E-state index contributed by atoms with van der Waals surface area (Å²) in [4.78, 5) is 0. The zero-order valence-electron chi connectivity index (χ0n) is 13.1. The second-order valence-corrected chi connectivity index (χ2v) is 9.01. The minimum Gasteiger partial charge on any atom is -0.0682 e. The van der Waals surface area contributed by atoms with Crippen molar-refractivity contribution in [1.82, 2.24) is 0 Å². The molecule has 0 spiro atoms. The van der Waals surface area contributed by atoms with E-state index in [4.69, 9.17) is 0 Å². The molecule has 2 saturated heterocycles. The van der Waals surface area contributed by atoms with Gasteiger partial charge in [-0.2, -0.15) is 0 Å². The molecule has 0 amide bonds. The Kier molecular flexibility index (Phi) is 2.72. The fourth-order valence-corrected chi connectivity index (χ4v) is 6.86. The summed E-state index contributed by atoms with van der Waals surface area (Å²) in [5.74, 6) is 5.08. The number of rotatable bonds is 1. The van der Waals surface area contributed by atoms with Crippen molar-refractivity contribution in [2.75, 3.05) is 0 Å². The van der Waals surface area contributed by atoms with Crippen LogP contribution in [0.5, 0.6) is 0 Å². The lowest BCUT2D eigenvalue weighted by molar-refractivity contribution is -0.140. The van der Waals surface area contributed by atoms with Crippen LogP contribution >= 0.6 is 0 Å². The normalized spacial score (nSPS) is 55.0. The predicted octanol–water partition coefficient (Wildman–Crippen LogP) is 5.32. The lowest BCUT2D eigenvalue weighted by atomic mass is 9.28. The van der Waals surface area contributed by atoms with Crippen molar-refractivity contribution in [3.8, 4) is 0 Å². The third-order valence-corrected chi connectivity index (χ3v) is 8.09. The summed E-state index contributed by atoms with van der Waals surface area (Å²) >= 11 is 0. The number of hydrogen-bond acceptors (Lipinski definition) is 0. The second kappa shape index (κ2) is 4.04. The summed E-state index contributed by atoms with van der Waals surface area (Å²) < 4.78 is 0. The van der Waals surface area contributed by atoms with Crippen molar-refractivity contribution < 1.29 is 0 Å². The maximum atomic E-state index is 2.87. The average molecular weight is 257 g/mol. The van der Waals surface area contributed by atoms with E-state index in [1.807, 2.05) is 0 Å². The molecule has 5 fully saturated rings. The first kappa shape index (κ1) is 12.8. The summed E-state index contributed by atoms with van der Waals surface area (Å²) in [6.07, 6.45) is 12.2. The van der Waals surface area contributed by atoms with Crippen molar-refractivity contribution in [1.29, 1.82) is 0 Å². The highest BCUT2D eigenvalue weighted by atomic mass is 14.6. The molecule has 5 rings (SSSR count). The Balaban J connectivity index is 1.59. The first-order valence-electron chi connectivity index (χ1n) is 8.89. The van der Waals surface area contributed by atoms with Crippen LogP contribution < -0.4 is 0 Å². The van der Waals surface area contributed by atoms with Gasteiger partial charge < -0.3 is 0 Å². The van der Waals surface area contributed by atoms with E-state index < -0.39 is 0 Å². The van der Waals surface area contributed by atoms with Gasteiger partial charge in [0.1, 0.15) is 7.28 Å². The largest absolute Gasteiger partial charge is 0.122 e. The van der Waals surface area contributed by atoms with Crippen molar-refractivity contribution in [3.05, 3.63) is 0 Å². The highest BCUT2D eigenvalue weighted by Gasteiger charge is 2.60. The molecule has 1 radical (unpaired) electrons. The molecule has 2 aliphatic heterocycles. The minimum atomic E-state index is 0.662. The molecule has 19 heavy (non-hydrogen) atoms. The van der Waals surface area contributed by atoms with Gasteiger partial charge in [0, 0.05) is 0 Å². The Morgan fingerprint density at radius 2 is 1.58 bits per heavy atom. The highest BCUT2D eigenvalue weighted by molar-refractivity contribution is 6.42. The van der Waals surface area contributed by atoms with Crippen LogP contribution in [0.3, 0.4) is 0 Å². The minimum absolute atomic E-state index is 0.662. The van der Waals surface area contributed by atoms with Crippen molar-refractivity contribution >= 4 is 7.28 Å². The lowest BCUT2D eigenvalue weighted by Crippen LogP contribution is -2.58. The monoisotopic (exact) mass is 257 g/mol. The molecule has 4 atom stereocenters. The molecule has 5 aliphatic rings. The van der Waals surface area contributed by atoms with Crippen LogP contribution in [0.15, 0.2) is 0 Å². The summed E-state index contributed by atoms with van der Waals surface area (Å²) in [6.45, 7) is 7.70. The quantitative estimate of drug-likeness (QED) is 0.557. The molecule has 3 unspecified atom stereocenters. The maximum absolute atomic E-state index is 2.87. The van der Waals surface area contributed by atoms with Gasteiger partial charge in [-0.25, -0.2) is 0 Å². The lowest BCUT2D eigenvalue weighted by Gasteiger charge is -2.66. The molecule has 2 heterocycles. The molecule has 105 valence electrons. The smallest absolute Gasteiger partial charge is 0.0682 e. The van der Waals surface area contributed by atoms with E-state index in [0.29, 0.717) is 10.7 Å². The van der Waals surface area contributed by atoms with Gasteiger partial charge >= 0.3 is 0 Å². The number of hydrogen-bond donors (Lipinski definition) is 0. The highest BCUT2D eigenvalue weighted by Crippen LogP contribution is 2.70. The molecule has 1 heteroatoms. The van der Waals surface area contributed by atoms with Gasteiger partial charge in [0.15, 0.2) is 0 Å². The van der Waals surface area contributed by atoms with Crippen LogP contribution in [0.4, 0.5) is 0 Å². The van der Waals surface area contributed by atoms with E-state index in [1.54, 1.807) is 12.8 Å². The van der Waals surface area contributed by atoms with Gasteiger partial charge in [-0.15, -0.1) is 0 Å². The van der Waals surface area contributed by atoms with Gasteiger partial charge in [-0.1, -0.05) is 70.4 Å². The third-order valence-electron chi connectivity index (χ3n) is 8.09. The fourth-order valence-electron chi connectivity index (χ4n) is 6.86.